The molecule has 0 spiro atoms. The second-order valence-electron chi connectivity index (χ2n) is 12.0. The van der Waals surface area contributed by atoms with E-state index >= 15 is 0 Å². The van der Waals surface area contributed by atoms with Gasteiger partial charge in [-0.2, -0.15) is 0 Å². The summed E-state index contributed by atoms with van der Waals surface area (Å²) in [7, 11) is 0. The number of benzene rings is 1. The number of nitrogens with one attached hydrogen (secondary N) is 1. The summed E-state index contributed by atoms with van der Waals surface area (Å²) in [5.41, 5.74) is 6.21. The van der Waals surface area contributed by atoms with Gasteiger partial charge >= 0.3 is 0 Å². The summed E-state index contributed by atoms with van der Waals surface area (Å²) in [5.74, 6) is 1.41. The van der Waals surface area contributed by atoms with Crippen molar-refractivity contribution in [2.45, 2.75) is 72.4 Å². The fraction of sp³-hybridized carbons (Fsp3) is 0.515. The van der Waals surface area contributed by atoms with Crippen LogP contribution < -0.4 is 0 Å². The van der Waals surface area contributed by atoms with E-state index in [4.69, 9.17) is 9.97 Å². The summed E-state index contributed by atoms with van der Waals surface area (Å²) in [6, 6.07) is 15.5. The third-order valence-corrected chi connectivity index (χ3v) is 7.88. The number of fused-ring (bicyclic) bond motifs is 4. The smallest absolute Gasteiger partial charge is 0.0784 e. The summed E-state index contributed by atoms with van der Waals surface area (Å²) >= 11 is 0. The molecule has 3 aromatic heterocycles. The molecule has 0 bridgehead atoms. The fourth-order valence-corrected chi connectivity index (χ4v) is 6.37. The summed E-state index contributed by atoms with van der Waals surface area (Å²) in [6.07, 6.45) is 9.90. The van der Waals surface area contributed by atoms with E-state index in [-0.39, 0.29) is 0 Å². The van der Waals surface area contributed by atoms with Gasteiger partial charge in [-0.3, -0.25) is 14.9 Å². The van der Waals surface area contributed by atoms with Crippen molar-refractivity contribution < 1.29 is 0 Å². The number of rotatable bonds is 12. The van der Waals surface area contributed by atoms with Gasteiger partial charge in [-0.25, -0.2) is 0 Å². The Kier molecular flexibility index (Phi) is 8.75. The molecule has 0 saturated carbocycles. The van der Waals surface area contributed by atoms with Crippen LogP contribution in [0, 0.1) is 11.8 Å². The van der Waals surface area contributed by atoms with Gasteiger partial charge in [-0.1, -0.05) is 52.0 Å². The Labute approximate surface area is 228 Å². The summed E-state index contributed by atoms with van der Waals surface area (Å²) in [5, 5.41) is 2.54. The van der Waals surface area contributed by atoms with Crippen LogP contribution in [0.2, 0.25) is 0 Å². The van der Waals surface area contributed by atoms with E-state index in [1.807, 2.05) is 12.4 Å². The number of H-pyrrole nitrogens is 1. The molecular weight excluding hydrogens is 466 g/mol. The first-order valence-electron chi connectivity index (χ1n) is 14.7. The Balaban J connectivity index is 1.37. The predicted octanol–water partition coefficient (Wildman–Crippen LogP) is 7.38. The van der Waals surface area contributed by atoms with Gasteiger partial charge in [-0.15, -0.1) is 0 Å². The van der Waals surface area contributed by atoms with Crippen molar-refractivity contribution >= 4 is 21.8 Å². The molecule has 1 aromatic carbocycles. The van der Waals surface area contributed by atoms with Gasteiger partial charge in [0, 0.05) is 48.3 Å². The minimum Gasteiger partial charge on any atom is -0.353 e. The molecule has 5 rings (SSSR count). The Morgan fingerprint density at radius 3 is 2.47 bits per heavy atom. The van der Waals surface area contributed by atoms with Crippen molar-refractivity contribution in [1.82, 2.24) is 24.8 Å². The van der Waals surface area contributed by atoms with Crippen molar-refractivity contribution in [3.8, 4) is 0 Å². The second kappa shape index (κ2) is 12.4. The third-order valence-electron chi connectivity index (χ3n) is 7.88. The van der Waals surface area contributed by atoms with Crippen molar-refractivity contribution in [3.63, 3.8) is 0 Å². The highest BCUT2D eigenvalue weighted by Gasteiger charge is 2.28. The molecule has 5 nitrogen and oxygen atoms in total. The first-order valence-corrected chi connectivity index (χ1v) is 14.7. The molecule has 5 heteroatoms. The molecule has 1 aliphatic carbocycles. The molecular formula is C33H45N5. The molecule has 1 N–H and O–H groups in total. The molecule has 38 heavy (non-hydrogen) atoms. The normalized spacial score (nSPS) is 15.9. The van der Waals surface area contributed by atoms with E-state index in [0.717, 1.165) is 25.2 Å². The summed E-state index contributed by atoms with van der Waals surface area (Å²) in [6.45, 7) is 14.8. The van der Waals surface area contributed by atoms with Crippen molar-refractivity contribution in [1.29, 1.82) is 0 Å². The average Bonchev–Trinajstić information content (AvgIpc) is 3.29. The molecule has 202 valence electrons. The maximum Gasteiger partial charge on any atom is 0.0784 e. The highest BCUT2D eigenvalue weighted by Crippen LogP contribution is 2.35. The molecule has 0 saturated heterocycles. The predicted molar refractivity (Wildman–Crippen MR) is 159 cm³/mol. The van der Waals surface area contributed by atoms with Gasteiger partial charge < -0.3 is 9.88 Å². The largest absolute Gasteiger partial charge is 0.353 e. The molecule has 3 heterocycles. The van der Waals surface area contributed by atoms with E-state index in [1.54, 1.807) is 0 Å². The minimum absolute atomic E-state index is 0.351. The van der Waals surface area contributed by atoms with E-state index < -0.39 is 0 Å². The maximum absolute atomic E-state index is 4.91. The van der Waals surface area contributed by atoms with Crippen LogP contribution in [0.5, 0.6) is 0 Å². The van der Waals surface area contributed by atoms with Gasteiger partial charge in [0.25, 0.3) is 0 Å². The lowest BCUT2D eigenvalue weighted by atomic mass is 9.90. The number of aryl methyl sites for hydroxylation is 1. The Morgan fingerprint density at radius 2 is 1.66 bits per heavy atom. The van der Waals surface area contributed by atoms with Crippen molar-refractivity contribution in [2.24, 2.45) is 11.8 Å². The zero-order valence-corrected chi connectivity index (χ0v) is 23.8. The van der Waals surface area contributed by atoms with E-state index in [2.05, 4.69) is 84.9 Å². The Morgan fingerprint density at radius 1 is 0.868 bits per heavy atom. The number of hydrogen-bond acceptors (Lipinski definition) is 4. The Hall–Kier alpha value is -2.76. The molecule has 1 unspecified atom stereocenters. The number of para-hydroxylation sites is 1. The standard InChI is InChI=1S/C33H45N5/c1-24(2)21-37(22-25(3)4)19-7-8-20-38(31-15-9-11-26-12-10-17-35-32(26)31)23-30-33-28(16-18-34-30)27-13-5-6-14-29(27)36-33/h5-6,10,12-14,16-18,24-25,31,36H,7-9,11,15,19-23H2,1-4H3. The highest BCUT2D eigenvalue weighted by atomic mass is 15.2. The quantitative estimate of drug-likeness (QED) is 0.202. The van der Waals surface area contributed by atoms with Gasteiger partial charge in [-0.05, 0) is 80.8 Å². The second-order valence-corrected chi connectivity index (χ2v) is 12.0. The van der Waals surface area contributed by atoms with Crippen LogP contribution in [0.15, 0.2) is 54.9 Å². The molecule has 1 atom stereocenters. The number of aromatic nitrogens is 3. The van der Waals surface area contributed by atoms with Gasteiger partial charge in [0.15, 0.2) is 0 Å². The molecule has 4 aromatic rings. The summed E-state index contributed by atoms with van der Waals surface area (Å²) < 4.78 is 0. The first kappa shape index (κ1) is 26.8. The zero-order valence-electron chi connectivity index (χ0n) is 23.8. The minimum atomic E-state index is 0.351. The monoisotopic (exact) mass is 511 g/mol. The number of hydrogen-bond donors (Lipinski definition) is 1. The van der Waals surface area contributed by atoms with Crippen LogP contribution in [0.4, 0.5) is 0 Å². The molecule has 0 fully saturated rings. The zero-order chi connectivity index (χ0) is 26.5. The molecule has 1 aliphatic rings. The fourth-order valence-electron chi connectivity index (χ4n) is 6.37. The number of aromatic amines is 1. The SMILES string of the molecule is CC(C)CN(CCCCN(Cc1nccc2c1[nH]c1ccccc12)C1CCCc2cccnc21)CC(C)C. The molecule has 0 radical (unpaired) electrons. The van der Waals surface area contributed by atoms with Crippen LogP contribution in [-0.4, -0.2) is 50.9 Å². The third kappa shape index (κ3) is 6.27. The number of pyridine rings is 2. The van der Waals surface area contributed by atoms with Crippen molar-refractivity contribution in [2.75, 3.05) is 26.2 Å². The maximum atomic E-state index is 4.91. The van der Waals surface area contributed by atoms with E-state index in [9.17, 15) is 0 Å². The lowest BCUT2D eigenvalue weighted by Gasteiger charge is -2.35. The van der Waals surface area contributed by atoms with Crippen LogP contribution >= 0.6 is 0 Å². The van der Waals surface area contributed by atoms with Crippen molar-refractivity contribution in [3.05, 3.63) is 71.8 Å². The highest BCUT2D eigenvalue weighted by molar-refractivity contribution is 6.07. The average molecular weight is 512 g/mol. The lowest BCUT2D eigenvalue weighted by molar-refractivity contribution is 0.155. The molecule has 0 aliphatic heterocycles. The number of nitrogens with zero attached hydrogens (tertiary/aromatic N) is 4. The van der Waals surface area contributed by atoms with Crippen LogP contribution in [0.25, 0.3) is 21.8 Å². The number of unbranched alkanes of at least 4 members (excludes halogenated alkanes) is 1. The van der Waals surface area contributed by atoms with Crippen LogP contribution in [0.1, 0.15) is 76.4 Å². The topological polar surface area (TPSA) is 48.0 Å². The summed E-state index contributed by atoms with van der Waals surface area (Å²) in [4.78, 5) is 18.8. The van der Waals surface area contributed by atoms with Crippen LogP contribution in [-0.2, 0) is 13.0 Å². The lowest BCUT2D eigenvalue weighted by Crippen LogP contribution is -2.34. The Bertz CT molecular complexity index is 1310. The van der Waals surface area contributed by atoms with Crippen LogP contribution in [0.3, 0.4) is 0 Å². The van der Waals surface area contributed by atoms with Gasteiger partial charge in [0.2, 0.25) is 0 Å². The molecule has 0 amide bonds. The van der Waals surface area contributed by atoms with E-state index in [1.165, 1.54) is 78.4 Å². The van der Waals surface area contributed by atoms with E-state index in [0.29, 0.717) is 17.9 Å². The van der Waals surface area contributed by atoms with Gasteiger partial charge in [0.1, 0.15) is 0 Å². The van der Waals surface area contributed by atoms with Gasteiger partial charge in [0.05, 0.1) is 22.9 Å². The first-order chi connectivity index (χ1) is 18.5.